The van der Waals surface area contributed by atoms with Crippen LogP contribution in [0.2, 0.25) is 0 Å². The lowest BCUT2D eigenvalue weighted by molar-refractivity contribution is -0.242. The van der Waals surface area contributed by atoms with Gasteiger partial charge in [-0.25, -0.2) is 0 Å². The van der Waals surface area contributed by atoms with Gasteiger partial charge < -0.3 is 19.7 Å². The molecule has 2 spiro atoms. The van der Waals surface area contributed by atoms with E-state index in [4.69, 9.17) is 9.47 Å². The third kappa shape index (κ3) is 2.15. The van der Waals surface area contributed by atoms with Gasteiger partial charge >= 0.3 is 5.97 Å². The molecule has 2 saturated heterocycles. The van der Waals surface area contributed by atoms with Gasteiger partial charge in [0.2, 0.25) is 0 Å². The lowest BCUT2D eigenvalue weighted by atomic mass is 9.43. The fourth-order valence-electron chi connectivity index (χ4n) is 6.96. The molecular weight excluding hydrogens is 320 g/mol. The summed E-state index contributed by atoms with van der Waals surface area (Å²) in [4.78, 5) is 11.8. The normalized spacial score (nSPS) is 55.6. The van der Waals surface area contributed by atoms with Crippen molar-refractivity contribution in [1.29, 1.82) is 0 Å². The summed E-state index contributed by atoms with van der Waals surface area (Å²) >= 11 is 0. The molecule has 2 unspecified atom stereocenters. The highest BCUT2D eigenvalue weighted by Crippen LogP contribution is 2.68. The number of hydrogen-bond donors (Lipinski definition) is 2. The number of aliphatic hydroxyl groups is 2. The van der Waals surface area contributed by atoms with Crippen LogP contribution in [0.3, 0.4) is 0 Å². The number of hydrogen-bond acceptors (Lipinski definition) is 5. The summed E-state index contributed by atoms with van der Waals surface area (Å²) in [6.45, 7) is 7.69. The molecular formula is C20H32O5. The van der Waals surface area contributed by atoms with Crippen molar-refractivity contribution >= 4 is 5.97 Å². The van der Waals surface area contributed by atoms with E-state index in [9.17, 15) is 15.0 Å². The van der Waals surface area contributed by atoms with Crippen molar-refractivity contribution in [3.8, 4) is 0 Å². The Morgan fingerprint density at radius 1 is 1.20 bits per heavy atom. The standard InChI is InChI=1S/C20H32O5/c1-13-4-5-14-17(2,10-21)15(22)6-7-18(14,3)20(13)9-19(12-25-20)8-16(23)24-11-19/h13-15,21-22H,4-12H2,1-3H3/t13-,14?,15+,17+,18+,19?,20-/m1/s1. The Bertz CT molecular complexity index is 578. The van der Waals surface area contributed by atoms with Gasteiger partial charge in [-0.3, -0.25) is 4.79 Å². The molecule has 142 valence electrons. The van der Waals surface area contributed by atoms with Gasteiger partial charge in [0, 0.05) is 16.2 Å². The van der Waals surface area contributed by atoms with E-state index in [1.165, 1.54) is 0 Å². The molecule has 5 nitrogen and oxygen atoms in total. The van der Waals surface area contributed by atoms with Crippen LogP contribution in [-0.4, -0.2) is 47.7 Å². The SMILES string of the molecule is C[C@@H]1CCC2[C@](C)(CO)[C@@H](O)CC[C@]2(C)[C@@]12CC1(COC(=O)C1)CO2. The first-order chi connectivity index (χ1) is 11.7. The molecule has 2 heterocycles. The molecule has 7 atom stereocenters. The van der Waals surface area contributed by atoms with Gasteiger partial charge in [-0.05, 0) is 43.9 Å². The Labute approximate surface area is 150 Å². The van der Waals surface area contributed by atoms with E-state index >= 15 is 0 Å². The molecule has 2 saturated carbocycles. The van der Waals surface area contributed by atoms with Crippen molar-refractivity contribution in [2.24, 2.45) is 28.1 Å². The number of esters is 1. The van der Waals surface area contributed by atoms with Crippen molar-refractivity contribution in [3.05, 3.63) is 0 Å². The van der Waals surface area contributed by atoms with E-state index < -0.39 is 11.5 Å². The first kappa shape index (κ1) is 17.7. The number of cyclic esters (lactones) is 1. The molecule has 4 fully saturated rings. The van der Waals surface area contributed by atoms with E-state index in [2.05, 4.69) is 13.8 Å². The summed E-state index contributed by atoms with van der Waals surface area (Å²) < 4.78 is 11.9. The monoisotopic (exact) mass is 352 g/mol. The van der Waals surface area contributed by atoms with Crippen LogP contribution in [0.5, 0.6) is 0 Å². The third-order valence-electron chi connectivity index (χ3n) is 8.59. The molecule has 25 heavy (non-hydrogen) atoms. The van der Waals surface area contributed by atoms with Crippen molar-refractivity contribution in [2.45, 2.75) is 71.0 Å². The number of ether oxygens (including phenoxy) is 2. The summed E-state index contributed by atoms with van der Waals surface area (Å²) in [5.74, 6) is 0.519. The van der Waals surface area contributed by atoms with Crippen LogP contribution in [0.4, 0.5) is 0 Å². The predicted molar refractivity (Wildman–Crippen MR) is 91.7 cm³/mol. The van der Waals surface area contributed by atoms with Gasteiger partial charge in [-0.2, -0.15) is 0 Å². The third-order valence-corrected chi connectivity index (χ3v) is 8.59. The van der Waals surface area contributed by atoms with Crippen LogP contribution in [0, 0.1) is 28.1 Å². The summed E-state index contributed by atoms with van der Waals surface area (Å²) in [6, 6.07) is 0. The predicted octanol–water partition coefficient (Wildman–Crippen LogP) is 2.28. The zero-order chi connectivity index (χ0) is 18.1. The first-order valence-corrected chi connectivity index (χ1v) is 9.80. The molecule has 0 radical (unpaired) electrons. The molecule has 0 aromatic heterocycles. The molecule has 0 bridgehead atoms. The van der Waals surface area contributed by atoms with Gasteiger partial charge in [-0.1, -0.05) is 20.8 Å². The lowest BCUT2D eigenvalue weighted by Crippen LogP contribution is -2.66. The quantitative estimate of drug-likeness (QED) is 0.708. The fourth-order valence-corrected chi connectivity index (χ4v) is 6.96. The van der Waals surface area contributed by atoms with Crippen LogP contribution >= 0.6 is 0 Å². The summed E-state index contributed by atoms with van der Waals surface area (Å²) in [5, 5.41) is 20.8. The largest absolute Gasteiger partial charge is 0.465 e. The van der Waals surface area contributed by atoms with E-state index in [0.717, 1.165) is 25.7 Å². The maximum Gasteiger partial charge on any atom is 0.306 e. The summed E-state index contributed by atoms with van der Waals surface area (Å²) in [5.41, 5.74) is -1.06. The maximum atomic E-state index is 11.8. The van der Waals surface area contributed by atoms with Crippen LogP contribution in [0.25, 0.3) is 0 Å². The Balaban J connectivity index is 1.74. The minimum Gasteiger partial charge on any atom is -0.465 e. The van der Waals surface area contributed by atoms with Gasteiger partial charge in [-0.15, -0.1) is 0 Å². The molecule has 2 N–H and O–H groups in total. The average molecular weight is 352 g/mol. The minimum absolute atomic E-state index is 0.00558. The number of fused-ring (bicyclic) bond motifs is 2. The van der Waals surface area contributed by atoms with Gasteiger partial charge in [0.1, 0.15) is 0 Å². The zero-order valence-electron chi connectivity index (χ0n) is 15.7. The minimum atomic E-state index is -0.485. The number of rotatable bonds is 1. The van der Waals surface area contributed by atoms with Crippen molar-refractivity contribution in [1.82, 2.24) is 0 Å². The molecule has 4 rings (SSSR count). The van der Waals surface area contributed by atoms with Crippen LogP contribution in [0.1, 0.15) is 59.3 Å². The Morgan fingerprint density at radius 3 is 2.60 bits per heavy atom. The highest BCUT2D eigenvalue weighted by molar-refractivity contribution is 5.72. The van der Waals surface area contributed by atoms with Gasteiger partial charge in [0.15, 0.2) is 0 Å². The van der Waals surface area contributed by atoms with Gasteiger partial charge in [0.25, 0.3) is 0 Å². The molecule has 5 heteroatoms. The topological polar surface area (TPSA) is 76.0 Å². The molecule has 4 aliphatic rings. The lowest BCUT2D eigenvalue weighted by Gasteiger charge is -2.64. The van der Waals surface area contributed by atoms with Crippen molar-refractivity contribution in [2.75, 3.05) is 19.8 Å². The first-order valence-electron chi connectivity index (χ1n) is 9.80. The summed E-state index contributed by atoms with van der Waals surface area (Å²) in [7, 11) is 0. The van der Waals surface area contributed by atoms with E-state index in [1.54, 1.807) is 0 Å². The number of carbonyl (C=O) groups excluding carboxylic acids is 1. The maximum absolute atomic E-state index is 11.8. The summed E-state index contributed by atoms with van der Waals surface area (Å²) in [6.07, 6.45) is 4.51. The Morgan fingerprint density at radius 2 is 1.96 bits per heavy atom. The van der Waals surface area contributed by atoms with Crippen molar-refractivity contribution in [3.63, 3.8) is 0 Å². The highest BCUT2D eigenvalue weighted by atomic mass is 16.6. The molecule has 0 amide bonds. The van der Waals surface area contributed by atoms with Gasteiger partial charge in [0.05, 0.1) is 37.9 Å². The fraction of sp³-hybridized carbons (Fsp3) is 0.950. The van der Waals surface area contributed by atoms with Crippen LogP contribution < -0.4 is 0 Å². The Kier molecular flexibility index (Phi) is 3.85. The smallest absolute Gasteiger partial charge is 0.306 e. The van der Waals surface area contributed by atoms with Crippen LogP contribution in [0.15, 0.2) is 0 Å². The second-order valence-corrected chi connectivity index (χ2v) is 9.86. The Hall–Kier alpha value is -0.650. The number of carbonyl (C=O) groups is 1. The zero-order valence-corrected chi connectivity index (χ0v) is 15.7. The highest BCUT2D eigenvalue weighted by Gasteiger charge is 2.69. The second-order valence-electron chi connectivity index (χ2n) is 9.86. The average Bonchev–Trinajstić information content (AvgIpc) is 3.14. The molecule has 0 aromatic rings. The number of aliphatic hydroxyl groups excluding tert-OH is 2. The van der Waals surface area contributed by atoms with Crippen molar-refractivity contribution < 1.29 is 24.5 Å². The second kappa shape index (κ2) is 5.43. The van der Waals surface area contributed by atoms with E-state index in [0.29, 0.717) is 32.0 Å². The molecule has 0 aromatic carbocycles. The van der Waals surface area contributed by atoms with E-state index in [-0.39, 0.29) is 34.9 Å². The van der Waals surface area contributed by atoms with E-state index in [1.807, 2.05) is 6.92 Å². The molecule has 2 aliphatic carbocycles. The van der Waals surface area contributed by atoms with Crippen LogP contribution in [-0.2, 0) is 14.3 Å². The molecule has 2 aliphatic heterocycles.